The summed E-state index contributed by atoms with van der Waals surface area (Å²) in [5.41, 5.74) is 2.84. The summed E-state index contributed by atoms with van der Waals surface area (Å²) in [5.74, 6) is 1.08. The Balaban J connectivity index is 1.97. The quantitative estimate of drug-likeness (QED) is 0.823. The summed E-state index contributed by atoms with van der Waals surface area (Å²) in [4.78, 5) is 12.1. The van der Waals surface area contributed by atoms with E-state index in [0.717, 1.165) is 12.1 Å². The summed E-state index contributed by atoms with van der Waals surface area (Å²) >= 11 is 0. The Labute approximate surface area is 136 Å². The van der Waals surface area contributed by atoms with Gasteiger partial charge in [-0.05, 0) is 30.2 Å². The molecule has 0 unspecified atom stereocenters. The first-order valence-electron chi connectivity index (χ1n) is 7.51. The number of carbonyl (C=O) groups excluding carboxylic acids is 1. The van der Waals surface area contributed by atoms with Crippen LogP contribution in [0.4, 0.5) is 11.4 Å². The molecule has 0 bridgehead atoms. The second-order valence-corrected chi connectivity index (χ2v) is 4.98. The average Bonchev–Trinajstić information content (AvgIpc) is 2.60. The fourth-order valence-electron chi connectivity index (χ4n) is 2.30. The highest BCUT2D eigenvalue weighted by molar-refractivity contribution is 5.94. The van der Waals surface area contributed by atoms with Crippen molar-refractivity contribution in [2.24, 2.45) is 0 Å². The van der Waals surface area contributed by atoms with Crippen LogP contribution in [0, 0.1) is 0 Å². The van der Waals surface area contributed by atoms with E-state index in [9.17, 15) is 4.79 Å². The van der Waals surface area contributed by atoms with Crippen molar-refractivity contribution in [1.29, 1.82) is 0 Å². The molecule has 0 atom stereocenters. The molecule has 0 heterocycles. The molecule has 0 aliphatic heterocycles. The van der Waals surface area contributed by atoms with Gasteiger partial charge in [0.1, 0.15) is 0 Å². The van der Waals surface area contributed by atoms with Crippen LogP contribution in [0.5, 0.6) is 11.5 Å². The molecule has 5 heteroatoms. The first-order chi connectivity index (χ1) is 11.2. The summed E-state index contributed by atoms with van der Waals surface area (Å²) in [6.07, 6.45) is 0.917. The highest BCUT2D eigenvalue weighted by Gasteiger charge is 2.08. The average molecular weight is 314 g/mol. The fraction of sp³-hybridized carbons (Fsp3) is 0.278. The van der Waals surface area contributed by atoms with Gasteiger partial charge in [-0.25, -0.2) is 0 Å². The predicted octanol–water partition coefficient (Wildman–Crippen LogP) is 3.32. The SMILES string of the molecule is CCc1ccccc1NCC(=O)Nc1ccc(OC)c(OC)c1. The van der Waals surface area contributed by atoms with Crippen molar-refractivity contribution >= 4 is 17.3 Å². The molecule has 2 rings (SSSR count). The normalized spacial score (nSPS) is 10.0. The van der Waals surface area contributed by atoms with Gasteiger partial charge >= 0.3 is 0 Å². The molecule has 0 aromatic heterocycles. The van der Waals surface area contributed by atoms with Crippen LogP contribution >= 0.6 is 0 Å². The molecule has 0 saturated heterocycles. The van der Waals surface area contributed by atoms with E-state index in [1.807, 2.05) is 18.2 Å². The highest BCUT2D eigenvalue weighted by Crippen LogP contribution is 2.29. The lowest BCUT2D eigenvalue weighted by Crippen LogP contribution is -2.22. The van der Waals surface area contributed by atoms with E-state index in [-0.39, 0.29) is 12.5 Å². The van der Waals surface area contributed by atoms with Crippen LogP contribution in [-0.2, 0) is 11.2 Å². The van der Waals surface area contributed by atoms with Crippen LogP contribution in [0.25, 0.3) is 0 Å². The monoisotopic (exact) mass is 314 g/mol. The van der Waals surface area contributed by atoms with Crippen molar-refractivity contribution < 1.29 is 14.3 Å². The zero-order chi connectivity index (χ0) is 16.7. The number of nitrogens with one attached hydrogen (secondary N) is 2. The minimum Gasteiger partial charge on any atom is -0.493 e. The van der Waals surface area contributed by atoms with E-state index in [0.29, 0.717) is 17.2 Å². The van der Waals surface area contributed by atoms with Gasteiger partial charge in [-0.2, -0.15) is 0 Å². The number of amides is 1. The number of hydrogen-bond donors (Lipinski definition) is 2. The maximum atomic E-state index is 12.1. The van der Waals surface area contributed by atoms with Crippen molar-refractivity contribution in [1.82, 2.24) is 0 Å². The summed E-state index contributed by atoms with van der Waals surface area (Å²) in [6.45, 7) is 2.29. The highest BCUT2D eigenvalue weighted by atomic mass is 16.5. The maximum Gasteiger partial charge on any atom is 0.243 e. The largest absolute Gasteiger partial charge is 0.493 e. The van der Waals surface area contributed by atoms with E-state index in [4.69, 9.17) is 9.47 Å². The Hall–Kier alpha value is -2.69. The molecule has 0 saturated carbocycles. The number of rotatable bonds is 7. The number of hydrogen-bond acceptors (Lipinski definition) is 4. The van der Waals surface area contributed by atoms with E-state index in [1.165, 1.54) is 5.56 Å². The van der Waals surface area contributed by atoms with Crippen LogP contribution in [0.3, 0.4) is 0 Å². The minimum atomic E-state index is -0.122. The van der Waals surface area contributed by atoms with Crippen LogP contribution < -0.4 is 20.1 Å². The van der Waals surface area contributed by atoms with Gasteiger partial charge in [0, 0.05) is 17.4 Å². The molecule has 2 aromatic rings. The number of methoxy groups -OCH3 is 2. The lowest BCUT2D eigenvalue weighted by Gasteiger charge is -2.12. The first-order valence-corrected chi connectivity index (χ1v) is 7.51. The summed E-state index contributed by atoms with van der Waals surface area (Å²) in [5, 5.41) is 6.01. The Bertz CT molecular complexity index is 671. The first kappa shape index (κ1) is 16.7. The molecule has 1 amide bonds. The number of carbonyl (C=O) groups is 1. The van der Waals surface area contributed by atoms with E-state index < -0.39 is 0 Å². The second kappa shape index (κ2) is 8.08. The minimum absolute atomic E-state index is 0.122. The fourth-order valence-corrected chi connectivity index (χ4v) is 2.30. The van der Waals surface area contributed by atoms with Gasteiger partial charge in [-0.15, -0.1) is 0 Å². The lowest BCUT2D eigenvalue weighted by molar-refractivity contribution is -0.114. The lowest BCUT2D eigenvalue weighted by atomic mass is 10.1. The second-order valence-electron chi connectivity index (χ2n) is 4.98. The Morgan fingerprint density at radius 3 is 2.48 bits per heavy atom. The van der Waals surface area contributed by atoms with Gasteiger partial charge in [-0.3, -0.25) is 4.79 Å². The maximum absolute atomic E-state index is 12.1. The van der Waals surface area contributed by atoms with Gasteiger partial charge in [0.25, 0.3) is 0 Å². The molecule has 0 spiro atoms. The van der Waals surface area contributed by atoms with Crippen molar-refractivity contribution in [2.75, 3.05) is 31.4 Å². The molecule has 122 valence electrons. The number of ether oxygens (including phenoxy) is 2. The van der Waals surface area contributed by atoms with E-state index in [2.05, 4.69) is 23.6 Å². The third kappa shape index (κ3) is 4.39. The summed E-state index contributed by atoms with van der Waals surface area (Å²) in [7, 11) is 3.14. The molecule has 0 radical (unpaired) electrons. The van der Waals surface area contributed by atoms with Crippen molar-refractivity contribution in [3.63, 3.8) is 0 Å². The van der Waals surface area contributed by atoms with Crippen molar-refractivity contribution in [2.45, 2.75) is 13.3 Å². The van der Waals surface area contributed by atoms with Gasteiger partial charge < -0.3 is 20.1 Å². The summed E-state index contributed by atoms with van der Waals surface area (Å²) < 4.78 is 10.4. The number of anilines is 2. The third-order valence-corrected chi connectivity index (χ3v) is 3.50. The zero-order valence-corrected chi connectivity index (χ0v) is 13.7. The van der Waals surface area contributed by atoms with Crippen LogP contribution in [0.2, 0.25) is 0 Å². The Morgan fingerprint density at radius 2 is 1.78 bits per heavy atom. The molecular formula is C18H22N2O3. The van der Waals surface area contributed by atoms with E-state index in [1.54, 1.807) is 32.4 Å². The van der Waals surface area contributed by atoms with Crippen LogP contribution in [0.15, 0.2) is 42.5 Å². The van der Waals surface area contributed by atoms with Crippen LogP contribution in [-0.4, -0.2) is 26.7 Å². The Kier molecular flexibility index (Phi) is 5.86. The molecule has 0 aliphatic carbocycles. The van der Waals surface area contributed by atoms with Crippen molar-refractivity contribution in [3.05, 3.63) is 48.0 Å². The smallest absolute Gasteiger partial charge is 0.243 e. The molecular weight excluding hydrogens is 292 g/mol. The summed E-state index contributed by atoms with van der Waals surface area (Å²) in [6, 6.07) is 13.2. The molecule has 23 heavy (non-hydrogen) atoms. The standard InChI is InChI=1S/C18H22N2O3/c1-4-13-7-5-6-8-15(13)19-12-18(21)20-14-9-10-16(22-2)17(11-14)23-3/h5-11,19H,4,12H2,1-3H3,(H,20,21). The van der Waals surface area contributed by atoms with Gasteiger partial charge in [0.05, 0.1) is 20.8 Å². The predicted molar refractivity (Wildman–Crippen MR) is 92.5 cm³/mol. The molecule has 0 aliphatic rings. The van der Waals surface area contributed by atoms with E-state index >= 15 is 0 Å². The van der Waals surface area contributed by atoms with Crippen LogP contribution in [0.1, 0.15) is 12.5 Å². The molecule has 0 fully saturated rings. The van der Waals surface area contributed by atoms with Gasteiger partial charge in [0.2, 0.25) is 5.91 Å². The molecule has 5 nitrogen and oxygen atoms in total. The topological polar surface area (TPSA) is 59.6 Å². The van der Waals surface area contributed by atoms with Gasteiger partial charge in [0.15, 0.2) is 11.5 Å². The molecule has 2 N–H and O–H groups in total. The number of para-hydroxylation sites is 1. The van der Waals surface area contributed by atoms with Crippen molar-refractivity contribution in [3.8, 4) is 11.5 Å². The zero-order valence-electron chi connectivity index (χ0n) is 13.7. The Morgan fingerprint density at radius 1 is 1.04 bits per heavy atom. The van der Waals surface area contributed by atoms with Gasteiger partial charge in [-0.1, -0.05) is 25.1 Å². The number of benzene rings is 2. The third-order valence-electron chi connectivity index (χ3n) is 3.50. The number of aryl methyl sites for hydroxylation is 1. The molecule has 2 aromatic carbocycles.